The van der Waals surface area contributed by atoms with E-state index in [0.717, 1.165) is 24.1 Å². The molecule has 3 heteroatoms. The van der Waals surface area contributed by atoms with E-state index in [1.165, 1.54) is 5.56 Å². The maximum atomic E-state index is 8.41. The van der Waals surface area contributed by atoms with Gasteiger partial charge in [-0.2, -0.15) is 10.7 Å². The molecule has 2 rings (SSSR count). The second kappa shape index (κ2) is 2.95. The van der Waals surface area contributed by atoms with Gasteiger partial charge >= 0.3 is 0 Å². The molecule has 0 saturated heterocycles. The van der Waals surface area contributed by atoms with E-state index < -0.39 is 0 Å². The largest absolute Gasteiger partial charge is 0.274 e. The summed E-state index contributed by atoms with van der Waals surface area (Å²) in [5.74, 6) is 0. The number of nitrogens with one attached hydrogen (secondary N) is 1. The van der Waals surface area contributed by atoms with Crippen LogP contribution in [0.3, 0.4) is 0 Å². The van der Waals surface area contributed by atoms with Gasteiger partial charge in [0.25, 0.3) is 0 Å². The van der Waals surface area contributed by atoms with Crippen LogP contribution in [0.4, 0.5) is 0 Å². The van der Waals surface area contributed by atoms with E-state index in [1.807, 2.05) is 23.8 Å². The molecule has 0 bridgehead atoms. The van der Waals surface area contributed by atoms with E-state index in [9.17, 15) is 0 Å². The highest BCUT2D eigenvalue weighted by Gasteiger charge is 2.16. The van der Waals surface area contributed by atoms with Crippen molar-refractivity contribution in [3.05, 3.63) is 35.4 Å². The van der Waals surface area contributed by atoms with E-state index in [4.69, 9.17) is 5.21 Å². The Labute approximate surface area is 70.7 Å². The summed E-state index contributed by atoms with van der Waals surface area (Å²) in [4.78, 5) is 0. The Morgan fingerprint density at radius 2 is 2.08 bits per heavy atom. The van der Waals surface area contributed by atoms with E-state index >= 15 is 0 Å². The first-order valence-corrected chi connectivity index (χ1v) is 3.96. The van der Waals surface area contributed by atoms with Crippen molar-refractivity contribution < 1.29 is 5.21 Å². The lowest BCUT2D eigenvalue weighted by Gasteiger charge is -1.97. The number of hydrazone groups is 1. The van der Waals surface area contributed by atoms with Gasteiger partial charge in [0, 0.05) is 5.56 Å². The summed E-state index contributed by atoms with van der Waals surface area (Å²) in [7, 11) is 0. The molecule has 0 fully saturated rings. The molecular formula is C9H10N2O. The topological polar surface area (TPSA) is 44.6 Å². The fourth-order valence-corrected chi connectivity index (χ4v) is 1.58. The smallest absolute Gasteiger partial charge is 0.0706 e. The zero-order chi connectivity index (χ0) is 8.39. The summed E-state index contributed by atoms with van der Waals surface area (Å²) in [6.45, 7) is 0. The third-order valence-corrected chi connectivity index (χ3v) is 2.14. The number of hydrogen-bond donors (Lipinski definition) is 2. The molecule has 2 N–H and O–H groups in total. The van der Waals surface area contributed by atoms with Gasteiger partial charge in [-0.3, -0.25) is 5.21 Å². The normalized spacial score (nSPS) is 17.9. The molecular weight excluding hydrogens is 152 g/mol. The first-order valence-electron chi connectivity index (χ1n) is 3.96. The molecule has 0 aromatic heterocycles. The fourth-order valence-electron chi connectivity index (χ4n) is 1.58. The standard InChI is InChI=1S/C9H10N2O/c12-11-10-9-6-5-7-3-1-2-4-8(7)9/h1-4,11-12H,5-6H2. The maximum absolute atomic E-state index is 8.41. The summed E-state index contributed by atoms with van der Waals surface area (Å²) in [6, 6.07) is 8.12. The predicted octanol–water partition coefficient (Wildman–Crippen LogP) is 1.32. The maximum Gasteiger partial charge on any atom is 0.0706 e. The Balaban J connectivity index is 2.43. The number of benzene rings is 1. The van der Waals surface area contributed by atoms with Crippen LogP contribution in [0.5, 0.6) is 0 Å². The van der Waals surface area contributed by atoms with Gasteiger partial charge in [-0.25, -0.2) is 0 Å². The second-order valence-electron chi connectivity index (χ2n) is 2.82. The van der Waals surface area contributed by atoms with E-state index in [-0.39, 0.29) is 0 Å². The molecule has 0 saturated carbocycles. The second-order valence-corrected chi connectivity index (χ2v) is 2.82. The number of rotatable bonds is 1. The zero-order valence-electron chi connectivity index (χ0n) is 6.62. The van der Waals surface area contributed by atoms with Crippen LogP contribution in [-0.4, -0.2) is 10.9 Å². The minimum absolute atomic E-state index is 0.910. The lowest BCUT2D eigenvalue weighted by Crippen LogP contribution is -2.03. The van der Waals surface area contributed by atoms with Crippen LogP contribution in [0.25, 0.3) is 0 Å². The molecule has 0 atom stereocenters. The first-order chi connectivity index (χ1) is 5.92. The molecule has 62 valence electrons. The van der Waals surface area contributed by atoms with E-state index in [0.29, 0.717) is 0 Å². The minimum atomic E-state index is 0.910. The van der Waals surface area contributed by atoms with E-state index in [1.54, 1.807) is 0 Å². The highest BCUT2D eigenvalue weighted by atomic mass is 16.5. The van der Waals surface area contributed by atoms with Crippen LogP contribution in [0.2, 0.25) is 0 Å². The summed E-state index contributed by atoms with van der Waals surface area (Å²) in [5.41, 5.74) is 5.24. The highest BCUT2D eigenvalue weighted by molar-refractivity contribution is 6.04. The number of fused-ring (bicyclic) bond motifs is 1. The van der Waals surface area contributed by atoms with Gasteiger partial charge in [0.1, 0.15) is 0 Å². The Morgan fingerprint density at radius 1 is 1.25 bits per heavy atom. The molecule has 1 aromatic rings. The zero-order valence-corrected chi connectivity index (χ0v) is 6.62. The van der Waals surface area contributed by atoms with Gasteiger partial charge in [0.05, 0.1) is 5.71 Å². The number of aryl methyl sites for hydroxylation is 1. The van der Waals surface area contributed by atoms with Crippen LogP contribution in [0.15, 0.2) is 29.4 Å². The molecule has 1 aromatic carbocycles. The average molecular weight is 162 g/mol. The van der Waals surface area contributed by atoms with Gasteiger partial charge in [0.2, 0.25) is 0 Å². The third-order valence-electron chi connectivity index (χ3n) is 2.14. The van der Waals surface area contributed by atoms with Crippen molar-refractivity contribution in [2.75, 3.05) is 0 Å². The van der Waals surface area contributed by atoms with Crippen LogP contribution < -0.4 is 5.59 Å². The Morgan fingerprint density at radius 3 is 2.92 bits per heavy atom. The molecule has 12 heavy (non-hydrogen) atoms. The summed E-state index contributed by atoms with van der Waals surface area (Å²) in [6.07, 6.45) is 1.93. The quantitative estimate of drug-likeness (QED) is 0.611. The number of nitrogens with zero attached hydrogens (tertiary/aromatic N) is 1. The molecule has 3 nitrogen and oxygen atoms in total. The minimum Gasteiger partial charge on any atom is -0.274 e. The average Bonchev–Trinajstić information content (AvgIpc) is 2.50. The molecule has 0 aliphatic heterocycles. The number of hydrogen-bond acceptors (Lipinski definition) is 3. The lowest BCUT2D eigenvalue weighted by atomic mass is 10.1. The monoisotopic (exact) mass is 162 g/mol. The SMILES string of the molecule is ONN=C1CCc2ccccc21. The van der Waals surface area contributed by atoms with Crippen molar-refractivity contribution in [2.45, 2.75) is 12.8 Å². The predicted molar refractivity (Wildman–Crippen MR) is 46.2 cm³/mol. The fraction of sp³-hybridized carbons (Fsp3) is 0.222. The Hall–Kier alpha value is -1.35. The molecule has 0 radical (unpaired) electrons. The van der Waals surface area contributed by atoms with Crippen molar-refractivity contribution in [3.8, 4) is 0 Å². The first kappa shape index (κ1) is 7.31. The van der Waals surface area contributed by atoms with Crippen molar-refractivity contribution in [2.24, 2.45) is 5.10 Å². The van der Waals surface area contributed by atoms with Crippen molar-refractivity contribution >= 4 is 5.71 Å². The summed E-state index contributed by atoms with van der Waals surface area (Å²) >= 11 is 0. The van der Waals surface area contributed by atoms with E-state index in [2.05, 4.69) is 11.2 Å². The van der Waals surface area contributed by atoms with Gasteiger partial charge < -0.3 is 0 Å². The molecule has 1 aliphatic rings. The molecule has 0 heterocycles. The van der Waals surface area contributed by atoms with Crippen molar-refractivity contribution in [3.63, 3.8) is 0 Å². The molecule has 0 amide bonds. The summed E-state index contributed by atoms with van der Waals surface area (Å²) in [5, 5.41) is 12.2. The van der Waals surface area contributed by atoms with Gasteiger partial charge in [-0.15, -0.1) is 0 Å². The van der Waals surface area contributed by atoms with Crippen molar-refractivity contribution in [1.82, 2.24) is 5.59 Å². The van der Waals surface area contributed by atoms with Gasteiger partial charge in [-0.05, 0) is 18.4 Å². The van der Waals surface area contributed by atoms with Gasteiger partial charge in [0.15, 0.2) is 0 Å². The van der Waals surface area contributed by atoms with Crippen molar-refractivity contribution in [1.29, 1.82) is 0 Å². The highest BCUT2D eigenvalue weighted by Crippen LogP contribution is 2.21. The lowest BCUT2D eigenvalue weighted by molar-refractivity contribution is 0.172. The van der Waals surface area contributed by atoms with Crippen LogP contribution in [0, 0.1) is 0 Å². The molecule has 0 unspecified atom stereocenters. The third kappa shape index (κ3) is 1.08. The van der Waals surface area contributed by atoms with Gasteiger partial charge in [-0.1, -0.05) is 24.3 Å². The molecule has 1 aliphatic carbocycles. The Kier molecular flexibility index (Phi) is 1.80. The summed E-state index contributed by atoms with van der Waals surface area (Å²) < 4.78 is 0. The molecule has 0 spiro atoms. The van der Waals surface area contributed by atoms with Crippen LogP contribution >= 0.6 is 0 Å². The Bertz CT molecular complexity index is 320. The van der Waals surface area contributed by atoms with Crippen LogP contribution in [-0.2, 0) is 6.42 Å². The van der Waals surface area contributed by atoms with Crippen LogP contribution in [0.1, 0.15) is 17.5 Å².